The van der Waals surface area contributed by atoms with E-state index < -0.39 is 0 Å². The Morgan fingerprint density at radius 3 is 2.81 bits per heavy atom. The normalized spacial score (nSPS) is 10.3. The topological polar surface area (TPSA) is 68.0 Å². The molecule has 1 aromatic heterocycles. The van der Waals surface area contributed by atoms with Gasteiger partial charge >= 0.3 is 0 Å². The van der Waals surface area contributed by atoms with Gasteiger partial charge in [0.25, 0.3) is 0 Å². The van der Waals surface area contributed by atoms with Crippen LogP contribution in [-0.2, 0) is 6.54 Å². The fraction of sp³-hybridized carbons (Fsp3) is 0.182. The number of aldehydes is 1. The molecule has 0 aliphatic heterocycles. The number of rotatable bonds is 3. The summed E-state index contributed by atoms with van der Waals surface area (Å²) < 4.78 is 1.58. The number of para-hydroxylation sites is 1. The first-order valence-corrected chi connectivity index (χ1v) is 4.95. The number of carbonyl (C=O) groups excluding carboxylic acids is 1. The van der Waals surface area contributed by atoms with E-state index in [4.69, 9.17) is 0 Å². The van der Waals surface area contributed by atoms with Gasteiger partial charge in [-0.15, -0.1) is 5.10 Å². The molecule has 0 aliphatic carbocycles. The Kier molecular flexibility index (Phi) is 2.68. The van der Waals surface area contributed by atoms with Crippen LogP contribution in [0.25, 0.3) is 11.3 Å². The molecule has 2 aromatic rings. The first-order valence-electron chi connectivity index (χ1n) is 4.95. The largest absolute Gasteiger partial charge is 0.507 e. The van der Waals surface area contributed by atoms with Crippen LogP contribution in [0.1, 0.15) is 17.4 Å². The number of aryl methyl sites for hydroxylation is 1. The van der Waals surface area contributed by atoms with Gasteiger partial charge in [0.1, 0.15) is 11.4 Å². The van der Waals surface area contributed by atoms with Crippen LogP contribution in [-0.4, -0.2) is 26.4 Å². The van der Waals surface area contributed by atoms with Crippen LogP contribution < -0.4 is 0 Å². The third-order valence-corrected chi connectivity index (χ3v) is 2.33. The van der Waals surface area contributed by atoms with E-state index in [0.29, 0.717) is 24.1 Å². The average Bonchev–Trinajstić information content (AvgIpc) is 2.72. The Morgan fingerprint density at radius 2 is 2.19 bits per heavy atom. The number of phenols is 1. The highest BCUT2D eigenvalue weighted by atomic mass is 16.3. The summed E-state index contributed by atoms with van der Waals surface area (Å²) in [6.07, 6.45) is 0.640. The summed E-state index contributed by atoms with van der Waals surface area (Å²) >= 11 is 0. The first-order chi connectivity index (χ1) is 7.77. The van der Waals surface area contributed by atoms with Crippen molar-refractivity contribution in [2.45, 2.75) is 13.5 Å². The molecule has 5 nitrogen and oxygen atoms in total. The first kappa shape index (κ1) is 10.4. The number of benzene rings is 1. The number of hydrogen-bond donors (Lipinski definition) is 1. The van der Waals surface area contributed by atoms with E-state index in [-0.39, 0.29) is 11.4 Å². The second kappa shape index (κ2) is 4.14. The van der Waals surface area contributed by atoms with Crippen LogP contribution in [0.5, 0.6) is 5.75 Å². The van der Waals surface area contributed by atoms with Crippen molar-refractivity contribution in [2.24, 2.45) is 0 Å². The Labute approximate surface area is 92.3 Å². The zero-order valence-electron chi connectivity index (χ0n) is 8.79. The van der Waals surface area contributed by atoms with E-state index >= 15 is 0 Å². The molecule has 0 fully saturated rings. The molecule has 0 saturated carbocycles. The number of aromatic hydroxyl groups is 1. The van der Waals surface area contributed by atoms with Crippen molar-refractivity contribution >= 4 is 6.29 Å². The molecule has 0 saturated heterocycles. The average molecular weight is 217 g/mol. The zero-order chi connectivity index (χ0) is 11.5. The zero-order valence-corrected chi connectivity index (χ0v) is 8.79. The summed E-state index contributed by atoms with van der Waals surface area (Å²) in [6.45, 7) is 2.48. The summed E-state index contributed by atoms with van der Waals surface area (Å²) in [5.41, 5.74) is 1.36. The molecule has 0 unspecified atom stereocenters. The fourth-order valence-electron chi connectivity index (χ4n) is 1.58. The van der Waals surface area contributed by atoms with Crippen molar-refractivity contribution in [2.75, 3.05) is 0 Å². The maximum atomic E-state index is 10.8. The monoisotopic (exact) mass is 217 g/mol. The summed E-state index contributed by atoms with van der Waals surface area (Å²) in [6, 6.07) is 6.81. The standard InChI is InChI=1S/C11H11N3O2/c1-2-14-11(9(7-15)12-13-14)8-5-3-4-6-10(8)16/h3-7,16H,2H2,1H3. The minimum absolute atomic E-state index is 0.114. The smallest absolute Gasteiger partial charge is 0.172 e. The van der Waals surface area contributed by atoms with Crippen molar-refractivity contribution in [1.29, 1.82) is 0 Å². The molecule has 5 heteroatoms. The number of nitrogens with zero attached hydrogens (tertiary/aromatic N) is 3. The fourth-order valence-corrected chi connectivity index (χ4v) is 1.58. The molecule has 0 radical (unpaired) electrons. The molecular formula is C11H11N3O2. The van der Waals surface area contributed by atoms with E-state index in [1.165, 1.54) is 0 Å². The highest BCUT2D eigenvalue weighted by Gasteiger charge is 2.15. The molecule has 82 valence electrons. The number of hydrogen-bond acceptors (Lipinski definition) is 4. The molecule has 0 amide bonds. The van der Waals surface area contributed by atoms with Crippen LogP contribution in [0.2, 0.25) is 0 Å². The quantitative estimate of drug-likeness (QED) is 0.791. The van der Waals surface area contributed by atoms with Gasteiger partial charge in [-0.2, -0.15) is 0 Å². The Bertz CT molecular complexity index is 520. The number of phenolic OH excluding ortho intramolecular Hbond substituents is 1. The van der Waals surface area contributed by atoms with Gasteiger partial charge in [0.15, 0.2) is 12.0 Å². The van der Waals surface area contributed by atoms with Crippen molar-refractivity contribution < 1.29 is 9.90 Å². The van der Waals surface area contributed by atoms with Gasteiger partial charge in [-0.3, -0.25) is 4.79 Å². The van der Waals surface area contributed by atoms with Gasteiger partial charge in [0, 0.05) is 12.1 Å². The van der Waals surface area contributed by atoms with Crippen LogP contribution in [0.3, 0.4) is 0 Å². The lowest BCUT2D eigenvalue weighted by Crippen LogP contribution is -2.00. The molecule has 0 aliphatic rings. The van der Waals surface area contributed by atoms with E-state index in [2.05, 4.69) is 10.3 Å². The summed E-state index contributed by atoms with van der Waals surface area (Å²) in [5, 5.41) is 17.3. The summed E-state index contributed by atoms with van der Waals surface area (Å²) in [7, 11) is 0. The lowest BCUT2D eigenvalue weighted by atomic mass is 10.1. The van der Waals surface area contributed by atoms with Crippen molar-refractivity contribution in [3.8, 4) is 17.0 Å². The van der Waals surface area contributed by atoms with E-state index in [1.807, 2.05) is 6.92 Å². The molecule has 1 N–H and O–H groups in total. The Morgan fingerprint density at radius 1 is 1.44 bits per heavy atom. The van der Waals surface area contributed by atoms with Gasteiger partial charge in [-0.1, -0.05) is 17.3 Å². The summed E-state index contributed by atoms with van der Waals surface area (Å²) in [5.74, 6) is 0.114. The predicted molar refractivity (Wildman–Crippen MR) is 58.2 cm³/mol. The van der Waals surface area contributed by atoms with Gasteiger partial charge in [-0.05, 0) is 19.1 Å². The van der Waals surface area contributed by atoms with E-state index in [1.54, 1.807) is 28.9 Å². The second-order valence-electron chi connectivity index (χ2n) is 3.27. The van der Waals surface area contributed by atoms with Crippen LogP contribution in [0, 0.1) is 0 Å². The van der Waals surface area contributed by atoms with Gasteiger partial charge in [0.05, 0.1) is 0 Å². The van der Waals surface area contributed by atoms with Crippen LogP contribution >= 0.6 is 0 Å². The van der Waals surface area contributed by atoms with Crippen LogP contribution in [0.4, 0.5) is 0 Å². The van der Waals surface area contributed by atoms with E-state index in [0.717, 1.165) is 0 Å². The predicted octanol–water partition coefficient (Wildman–Crippen LogP) is 1.48. The highest BCUT2D eigenvalue weighted by Crippen LogP contribution is 2.29. The van der Waals surface area contributed by atoms with Crippen molar-refractivity contribution in [3.63, 3.8) is 0 Å². The summed E-state index contributed by atoms with van der Waals surface area (Å²) in [4.78, 5) is 10.8. The second-order valence-corrected chi connectivity index (χ2v) is 3.27. The van der Waals surface area contributed by atoms with Gasteiger partial charge in [-0.25, -0.2) is 4.68 Å². The molecule has 0 spiro atoms. The van der Waals surface area contributed by atoms with E-state index in [9.17, 15) is 9.90 Å². The lowest BCUT2D eigenvalue weighted by Gasteiger charge is -2.05. The minimum atomic E-state index is 0.114. The van der Waals surface area contributed by atoms with Crippen molar-refractivity contribution in [1.82, 2.24) is 15.0 Å². The number of carbonyl (C=O) groups is 1. The van der Waals surface area contributed by atoms with Crippen LogP contribution in [0.15, 0.2) is 24.3 Å². The third-order valence-electron chi connectivity index (χ3n) is 2.33. The Hall–Kier alpha value is -2.17. The Balaban J connectivity index is 2.67. The lowest BCUT2D eigenvalue weighted by molar-refractivity contribution is 0.111. The highest BCUT2D eigenvalue weighted by molar-refractivity contribution is 5.85. The third kappa shape index (κ3) is 1.56. The molecule has 16 heavy (non-hydrogen) atoms. The molecule has 1 heterocycles. The molecular weight excluding hydrogens is 206 g/mol. The minimum Gasteiger partial charge on any atom is -0.507 e. The molecule has 0 bridgehead atoms. The van der Waals surface area contributed by atoms with Gasteiger partial charge in [0.2, 0.25) is 0 Å². The van der Waals surface area contributed by atoms with Crippen molar-refractivity contribution in [3.05, 3.63) is 30.0 Å². The molecule has 0 atom stereocenters. The molecule has 2 rings (SSSR count). The maximum absolute atomic E-state index is 10.8. The maximum Gasteiger partial charge on any atom is 0.172 e. The van der Waals surface area contributed by atoms with Gasteiger partial charge < -0.3 is 5.11 Å². The number of aromatic nitrogens is 3. The SMILES string of the molecule is CCn1nnc(C=O)c1-c1ccccc1O. The molecule has 1 aromatic carbocycles.